The summed E-state index contributed by atoms with van der Waals surface area (Å²) in [5, 5.41) is 4.94. The lowest BCUT2D eigenvalue weighted by Gasteiger charge is -2.16. The minimum absolute atomic E-state index is 0.0874. The van der Waals surface area contributed by atoms with Crippen LogP contribution in [0.2, 0.25) is 0 Å². The second-order valence-electron chi connectivity index (χ2n) is 7.90. The normalized spacial score (nSPS) is 15.0. The van der Waals surface area contributed by atoms with Crippen LogP contribution >= 0.6 is 11.8 Å². The lowest BCUT2D eigenvalue weighted by atomic mass is 9.97. The van der Waals surface area contributed by atoms with E-state index in [1.165, 1.54) is 16.7 Å². The van der Waals surface area contributed by atoms with Crippen LogP contribution in [0.1, 0.15) is 34.2 Å². The lowest BCUT2D eigenvalue weighted by molar-refractivity contribution is 0.335. The van der Waals surface area contributed by atoms with Gasteiger partial charge in [-0.2, -0.15) is 4.98 Å². The van der Waals surface area contributed by atoms with Crippen LogP contribution in [0.4, 0.5) is 0 Å². The van der Waals surface area contributed by atoms with Gasteiger partial charge in [-0.1, -0.05) is 53.7 Å². The van der Waals surface area contributed by atoms with Crippen molar-refractivity contribution in [3.05, 3.63) is 93.1 Å². The maximum Gasteiger partial charge on any atom is 0.252 e. The predicted octanol–water partition coefficient (Wildman–Crippen LogP) is 4.81. The van der Waals surface area contributed by atoms with E-state index in [1.807, 2.05) is 30.3 Å². The molecule has 0 amide bonds. The predicted molar refractivity (Wildman–Crippen MR) is 125 cm³/mol. The number of aromatic nitrogens is 3. The van der Waals surface area contributed by atoms with Crippen LogP contribution in [0.15, 0.2) is 68.9 Å². The highest BCUT2D eigenvalue weighted by Crippen LogP contribution is 2.42. The Kier molecular flexibility index (Phi) is 5.35. The smallest absolute Gasteiger partial charge is 0.252 e. The van der Waals surface area contributed by atoms with Gasteiger partial charge in [-0.15, -0.1) is 11.8 Å². The van der Waals surface area contributed by atoms with Gasteiger partial charge in [0.25, 0.3) is 11.4 Å². The largest absolute Gasteiger partial charge is 0.494 e. The van der Waals surface area contributed by atoms with Gasteiger partial charge in [0.15, 0.2) is 5.75 Å². The molecule has 162 valence electrons. The van der Waals surface area contributed by atoms with Crippen LogP contribution in [-0.2, 0) is 6.42 Å². The van der Waals surface area contributed by atoms with Gasteiger partial charge in [0.05, 0.1) is 7.11 Å². The third-order valence-electron chi connectivity index (χ3n) is 5.99. The number of hydrogen-bond donors (Lipinski definition) is 0. The number of benzene rings is 2. The van der Waals surface area contributed by atoms with Gasteiger partial charge in [0, 0.05) is 29.4 Å². The summed E-state index contributed by atoms with van der Waals surface area (Å²) in [5.41, 5.74) is 5.34. The van der Waals surface area contributed by atoms with Crippen LogP contribution in [0.25, 0.3) is 11.4 Å². The molecule has 0 N–H and O–H groups in total. The van der Waals surface area contributed by atoms with Gasteiger partial charge in [0.2, 0.25) is 5.82 Å². The topological polar surface area (TPSA) is 70.2 Å². The minimum Gasteiger partial charge on any atom is -0.494 e. The van der Waals surface area contributed by atoms with Gasteiger partial charge in [-0.25, -0.2) is 0 Å². The molecule has 4 aromatic rings. The Morgan fingerprint density at radius 3 is 2.72 bits per heavy atom. The Morgan fingerprint density at radius 1 is 1.12 bits per heavy atom. The van der Waals surface area contributed by atoms with Gasteiger partial charge >= 0.3 is 0 Å². The van der Waals surface area contributed by atoms with Crippen LogP contribution < -0.4 is 10.3 Å². The number of fused-ring (bicyclic) bond motifs is 1. The van der Waals surface area contributed by atoms with Crippen molar-refractivity contribution in [1.82, 2.24) is 14.7 Å². The van der Waals surface area contributed by atoms with E-state index in [4.69, 9.17) is 9.26 Å². The number of ether oxygens (including phenoxy) is 1. The zero-order valence-electron chi connectivity index (χ0n) is 18.2. The Hall–Kier alpha value is -3.32. The SMILES string of the molecule is COc1c(Cc2cccc(C)c2C)cc(=O)n2c1SCC2c1nc(-c2ccccc2)no1. The van der Waals surface area contributed by atoms with E-state index in [-0.39, 0.29) is 11.6 Å². The first-order chi connectivity index (χ1) is 15.6. The summed E-state index contributed by atoms with van der Waals surface area (Å²) in [6.07, 6.45) is 0.643. The highest BCUT2D eigenvalue weighted by Gasteiger charge is 2.33. The van der Waals surface area contributed by atoms with Crippen molar-refractivity contribution >= 4 is 11.8 Å². The van der Waals surface area contributed by atoms with Crippen molar-refractivity contribution < 1.29 is 9.26 Å². The molecule has 1 aliphatic rings. The Bertz CT molecular complexity index is 1340. The molecule has 0 radical (unpaired) electrons. The van der Waals surface area contributed by atoms with E-state index in [1.54, 1.807) is 29.5 Å². The molecule has 2 aromatic carbocycles. The molecule has 32 heavy (non-hydrogen) atoms. The minimum atomic E-state index is -0.323. The summed E-state index contributed by atoms with van der Waals surface area (Å²) in [7, 11) is 1.65. The number of nitrogens with zero attached hydrogens (tertiary/aromatic N) is 3. The standard InChI is InChI=1S/C25H23N3O3S/c1-15-8-7-11-18(16(15)2)12-19-13-21(29)28-20(14-32-25(28)22(19)30-3)24-26-23(27-31-24)17-9-5-4-6-10-17/h4-11,13,20H,12,14H2,1-3H3. The van der Waals surface area contributed by atoms with Crippen LogP contribution in [0.3, 0.4) is 0 Å². The first-order valence-electron chi connectivity index (χ1n) is 10.5. The Labute approximate surface area is 190 Å². The van der Waals surface area contributed by atoms with Gasteiger partial charge in [-0.05, 0) is 30.5 Å². The van der Waals surface area contributed by atoms with E-state index < -0.39 is 0 Å². The molecule has 0 spiro atoms. The summed E-state index contributed by atoms with van der Waals surface area (Å²) < 4.78 is 13.1. The highest BCUT2D eigenvalue weighted by molar-refractivity contribution is 7.99. The quantitative estimate of drug-likeness (QED) is 0.439. The number of pyridine rings is 1. The highest BCUT2D eigenvalue weighted by atomic mass is 32.2. The summed E-state index contributed by atoms with van der Waals surface area (Å²) in [6.45, 7) is 4.21. The average molecular weight is 446 g/mol. The molecule has 0 aliphatic carbocycles. The number of rotatable bonds is 5. The fourth-order valence-electron chi connectivity index (χ4n) is 4.11. The zero-order valence-corrected chi connectivity index (χ0v) is 19.0. The molecule has 2 aromatic heterocycles. The molecule has 7 heteroatoms. The zero-order chi connectivity index (χ0) is 22.2. The van der Waals surface area contributed by atoms with E-state index in [2.05, 4.69) is 42.2 Å². The first kappa shape index (κ1) is 20.6. The summed E-state index contributed by atoms with van der Waals surface area (Å²) >= 11 is 1.58. The fraction of sp³-hybridized carbons (Fsp3) is 0.240. The molecule has 0 bridgehead atoms. The number of hydrogen-bond acceptors (Lipinski definition) is 6. The summed E-state index contributed by atoms with van der Waals surface area (Å²) in [4.78, 5) is 17.8. The van der Waals surface area contributed by atoms with E-state index >= 15 is 0 Å². The maximum absolute atomic E-state index is 13.2. The van der Waals surface area contributed by atoms with Crippen molar-refractivity contribution in [2.45, 2.75) is 31.3 Å². The Balaban J connectivity index is 1.53. The molecule has 1 unspecified atom stereocenters. The lowest BCUT2D eigenvalue weighted by Crippen LogP contribution is -2.25. The average Bonchev–Trinajstić information content (AvgIpc) is 3.46. The third-order valence-corrected chi connectivity index (χ3v) is 7.13. The molecule has 6 nitrogen and oxygen atoms in total. The third kappa shape index (κ3) is 3.52. The molecule has 1 aliphatic heterocycles. The fourth-order valence-corrected chi connectivity index (χ4v) is 5.42. The number of methoxy groups -OCH3 is 1. The maximum atomic E-state index is 13.2. The van der Waals surface area contributed by atoms with Crippen molar-refractivity contribution in [2.24, 2.45) is 0 Å². The number of thioether (sulfide) groups is 1. The first-order valence-corrected chi connectivity index (χ1v) is 11.4. The van der Waals surface area contributed by atoms with Crippen LogP contribution in [0, 0.1) is 13.8 Å². The van der Waals surface area contributed by atoms with Gasteiger partial charge in [-0.3, -0.25) is 9.36 Å². The van der Waals surface area contributed by atoms with Crippen LogP contribution in [0.5, 0.6) is 5.75 Å². The van der Waals surface area contributed by atoms with Crippen molar-refractivity contribution in [2.75, 3.05) is 12.9 Å². The molecule has 3 heterocycles. The van der Waals surface area contributed by atoms with Crippen LogP contribution in [-0.4, -0.2) is 27.6 Å². The molecule has 1 atom stereocenters. The van der Waals surface area contributed by atoms with E-state index in [9.17, 15) is 4.79 Å². The van der Waals surface area contributed by atoms with Crippen molar-refractivity contribution in [3.8, 4) is 17.1 Å². The van der Waals surface area contributed by atoms with Crippen molar-refractivity contribution in [3.63, 3.8) is 0 Å². The number of aryl methyl sites for hydroxylation is 1. The summed E-state index contributed by atoms with van der Waals surface area (Å²) in [5.74, 6) is 2.32. The second-order valence-corrected chi connectivity index (χ2v) is 8.91. The van der Waals surface area contributed by atoms with Crippen molar-refractivity contribution in [1.29, 1.82) is 0 Å². The molecule has 0 fully saturated rings. The van der Waals surface area contributed by atoms with Gasteiger partial charge in [0.1, 0.15) is 11.1 Å². The monoisotopic (exact) mass is 445 g/mol. The summed E-state index contributed by atoms with van der Waals surface area (Å²) in [6, 6.07) is 17.3. The van der Waals surface area contributed by atoms with E-state index in [0.717, 1.165) is 21.9 Å². The molecule has 0 saturated heterocycles. The molecular weight excluding hydrogens is 422 g/mol. The van der Waals surface area contributed by atoms with Gasteiger partial charge < -0.3 is 9.26 Å². The second kappa shape index (κ2) is 8.31. The molecule has 5 rings (SSSR count). The molecular formula is C25H23N3O3S. The Morgan fingerprint density at radius 2 is 1.94 bits per heavy atom. The molecule has 0 saturated carbocycles. The van der Waals surface area contributed by atoms with E-state index in [0.29, 0.717) is 23.9 Å².